The molecule has 0 aliphatic rings. The lowest BCUT2D eigenvalue weighted by atomic mass is 10.2. The van der Waals surface area contributed by atoms with Gasteiger partial charge in [0, 0.05) is 17.2 Å². The van der Waals surface area contributed by atoms with Gasteiger partial charge in [-0.3, -0.25) is 4.79 Å². The van der Waals surface area contributed by atoms with E-state index in [0.717, 1.165) is 12.1 Å². The molecule has 0 aliphatic heterocycles. The molecule has 0 saturated heterocycles. The highest BCUT2D eigenvalue weighted by Crippen LogP contribution is 2.29. The summed E-state index contributed by atoms with van der Waals surface area (Å²) in [6.07, 6.45) is -4.42. The van der Waals surface area contributed by atoms with E-state index in [4.69, 9.17) is 9.26 Å². The largest absolute Gasteiger partial charge is 0.484 e. The average Bonchev–Trinajstić information content (AvgIpc) is 3.17. The van der Waals surface area contributed by atoms with E-state index in [9.17, 15) is 18.0 Å². The molecule has 0 atom stereocenters. The van der Waals surface area contributed by atoms with Crippen molar-refractivity contribution in [2.24, 2.45) is 0 Å². The third-order valence-corrected chi connectivity index (χ3v) is 3.93. The van der Waals surface area contributed by atoms with Gasteiger partial charge in [0.05, 0.1) is 5.56 Å². The van der Waals surface area contributed by atoms with Crippen LogP contribution in [0.2, 0.25) is 0 Å². The minimum atomic E-state index is -4.42. The third-order valence-electron chi connectivity index (χ3n) is 3.93. The third kappa shape index (κ3) is 5.34. The number of aromatic nitrogens is 2. The van der Waals surface area contributed by atoms with Crippen LogP contribution in [0.4, 0.5) is 18.9 Å². The molecule has 1 amide bonds. The van der Waals surface area contributed by atoms with Crippen molar-refractivity contribution in [2.45, 2.75) is 25.9 Å². The Hall–Kier alpha value is -3.36. The Kier molecular flexibility index (Phi) is 5.86. The first-order chi connectivity index (χ1) is 13.7. The Bertz CT molecular complexity index is 965. The highest BCUT2D eigenvalue weighted by molar-refractivity contribution is 5.91. The molecule has 152 valence electrons. The van der Waals surface area contributed by atoms with Gasteiger partial charge in [0.2, 0.25) is 0 Å². The number of carbonyl (C=O) groups excluding carboxylic acids is 1. The van der Waals surface area contributed by atoms with Gasteiger partial charge < -0.3 is 14.6 Å². The van der Waals surface area contributed by atoms with Crippen molar-refractivity contribution in [2.75, 3.05) is 11.9 Å². The Labute approximate surface area is 164 Å². The van der Waals surface area contributed by atoms with Crippen LogP contribution in [-0.2, 0) is 11.0 Å². The van der Waals surface area contributed by atoms with Crippen LogP contribution >= 0.6 is 0 Å². The van der Waals surface area contributed by atoms with Crippen LogP contribution in [-0.4, -0.2) is 22.7 Å². The lowest BCUT2D eigenvalue weighted by molar-refractivity contribution is -0.137. The van der Waals surface area contributed by atoms with Gasteiger partial charge in [-0.25, -0.2) is 0 Å². The highest BCUT2D eigenvalue weighted by atomic mass is 19.4. The molecule has 3 aromatic rings. The minimum absolute atomic E-state index is 0.151. The smallest absolute Gasteiger partial charge is 0.416 e. The van der Waals surface area contributed by atoms with E-state index in [2.05, 4.69) is 15.5 Å². The summed E-state index contributed by atoms with van der Waals surface area (Å²) in [7, 11) is 0. The molecule has 0 radical (unpaired) electrons. The van der Waals surface area contributed by atoms with Gasteiger partial charge >= 0.3 is 6.18 Å². The van der Waals surface area contributed by atoms with Crippen LogP contribution in [0.3, 0.4) is 0 Å². The first-order valence-electron chi connectivity index (χ1n) is 8.76. The number of alkyl halides is 3. The number of carbonyl (C=O) groups is 1. The molecule has 0 bridgehead atoms. The molecule has 1 heterocycles. The van der Waals surface area contributed by atoms with E-state index in [-0.39, 0.29) is 18.2 Å². The van der Waals surface area contributed by atoms with Gasteiger partial charge in [0.25, 0.3) is 11.8 Å². The molecule has 2 aromatic carbocycles. The van der Waals surface area contributed by atoms with E-state index in [0.29, 0.717) is 23.0 Å². The van der Waals surface area contributed by atoms with Crippen molar-refractivity contribution < 1.29 is 27.2 Å². The topological polar surface area (TPSA) is 77.2 Å². The van der Waals surface area contributed by atoms with Gasteiger partial charge in [-0.1, -0.05) is 19.0 Å². The van der Waals surface area contributed by atoms with Crippen molar-refractivity contribution in [1.82, 2.24) is 10.1 Å². The zero-order chi connectivity index (χ0) is 21.0. The maximum absolute atomic E-state index is 12.5. The van der Waals surface area contributed by atoms with E-state index < -0.39 is 17.6 Å². The second kappa shape index (κ2) is 8.34. The number of nitrogens with one attached hydrogen (secondary N) is 1. The van der Waals surface area contributed by atoms with Crippen molar-refractivity contribution in [3.05, 3.63) is 59.9 Å². The highest BCUT2D eigenvalue weighted by Gasteiger charge is 2.30. The summed E-state index contributed by atoms with van der Waals surface area (Å²) in [5.74, 6) is 1.10. The average molecular weight is 405 g/mol. The number of anilines is 1. The lowest BCUT2D eigenvalue weighted by Crippen LogP contribution is -2.20. The number of nitrogens with zero attached hydrogens (tertiary/aromatic N) is 2. The standard InChI is InChI=1S/C20H18F3N3O3/c1-12(2)18-25-19(29-26-18)13-3-9-16(10-4-13)28-11-17(27)24-15-7-5-14(6-8-15)20(21,22)23/h3-10,12H,11H2,1-2H3,(H,24,27). The van der Waals surface area contributed by atoms with Crippen LogP contribution in [0.5, 0.6) is 5.75 Å². The van der Waals surface area contributed by atoms with Crippen LogP contribution in [0.25, 0.3) is 11.5 Å². The SMILES string of the molecule is CC(C)c1noc(-c2ccc(OCC(=O)Nc3ccc(C(F)(F)F)cc3)cc2)n1. The van der Waals surface area contributed by atoms with Crippen LogP contribution in [0, 0.1) is 0 Å². The maximum atomic E-state index is 12.5. The lowest BCUT2D eigenvalue weighted by Gasteiger charge is -2.09. The van der Waals surface area contributed by atoms with Crippen LogP contribution in [0.1, 0.15) is 31.2 Å². The number of hydrogen-bond acceptors (Lipinski definition) is 5. The quantitative estimate of drug-likeness (QED) is 0.631. The molecular formula is C20H18F3N3O3. The fourth-order valence-corrected chi connectivity index (χ4v) is 2.37. The number of halogens is 3. The van der Waals surface area contributed by atoms with E-state index in [1.807, 2.05) is 13.8 Å². The van der Waals surface area contributed by atoms with Gasteiger partial charge in [-0.2, -0.15) is 18.2 Å². The molecule has 0 saturated carbocycles. The first-order valence-corrected chi connectivity index (χ1v) is 8.76. The monoisotopic (exact) mass is 405 g/mol. The summed E-state index contributed by atoms with van der Waals surface area (Å²) in [5, 5.41) is 6.38. The maximum Gasteiger partial charge on any atom is 0.416 e. The van der Waals surface area contributed by atoms with Gasteiger partial charge in [0.15, 0.2) is 12.4 Å². The Morgan fingerprint density at radius 3 is 2.31 bits per heavy atom. The second-order valence-corrected chi connectivity index (χ2v) is 6.55. The molecule has 9 heteroatoms. The molecule has 1 N–H and O–H groups in total. The van der Waals surface area contributed by atoms with E-state index in [1.54, 1.807) is 24.3 Å². The summed E-state index contributed by atoms with van der Waals surface area (Å²) in [6.45, 7) is 3.63. The number of benzene rings is 2. The summed E-state index contributed by atoms with van der Waals surface area (Å²) < 4.78 is 48.2. The van der Waals surface area contributed by atoms with Crippen LogP contribution < -0.4 is 10.1 Å². The molecule has 0 spiro atoms. The summed E-state index contributed by atoms with van der Waals surface area (Å²) >= 11 is 0. The molecule has 1 aromatic heterocycles. The summed E-state index contributed by atoms with van der Waals surface area (Å²) in [6, 6.07) is 10.9. The molecule has 0 aliphatic carbocycles. The summed E-state index contributed by atoms with van der Waals surface area (Å²) in [4.78, 5) is 16.2. The zero-order valence-electron chi connectivity index (χ0n) is 15.7. The molecule has 3 rings (SSSR count). The Morgan fingerprint density at radius 1 is 1.10 bits per heavy atom. The van der Waals surface area contributed by atoms with E-state index >= 15 is 0 Å². The fourth-order valence-electron chi connectivity index (χ4n) is 2.37. The number of rotatable bonds is 6. The molecular weight excluding hydrogens is 387 g/mol. The molecule has 29 heavy (non-hydrogen) atoms. The second-order valence-electron chi connectivity index (χ2n) is 6.55. The van der Waals surface area contributed by atoms with Gasteiger partial charge in [0.1, 0.15) is 5.75 Å². The van der Waals surface area contributed by atoms with Crippen molar-refractivity contribution in [3.8, 4) is 17.2 Å². The van der Waals surface area contributed by atoms with Gasteiger partial charge in [-0.15, -0.1) is 0 Å². The van der Waals surface area contributed by atoms with Crippen LogP contribution in [0.15, 0.2) is 53.1 Å². The van der Waals surface area contributed by atoms with Crippen molar-refractivity contribution in [1.29, 1.82) is 0 Å². The number of hydrogen-bond donors (Lipinski definition) is 1. The summed E-state index contributed by atoms with van der Waals surface area (Å²) in [5.41, 5.74) is 0.179. The van der Waals surface area contributed by atoms with Gasteiger partial charge in [-0.05, 0) is 48.5 Å². The number of amides is 1. The predicted molar refractivity (Wildman–Crippen MR) is 99.4 cm³/mol. The normalized spacial score (nSPS) is 11.5. The van der Waals surface area contributed by atoms with E-state index in [1.165, 1.54) is 12.1 Å². The predicted octanol–water partition coefficient (Wildman–Crippen LogP) is 4.90. The fraction of sp³-hybridized carbons (Fsp3) is 0.250. The minimum Gasteiger partial charge on any atom is -0.484 e. The zero-order valence-corrected chi connectivity index (χ0v) is 15.7. The van der Waals surface area contributed by atoms with Crippen molar-refractivity contribution in [3.63, 3.8) is 0 Å². The number of ether oxygens (including phenoxy) is 1. The molecule has 0 fully saturated rings. The first kappa shape index (κ1) is 20.4. The van der Waals surface area contributed by atoms with Crippen molar-refractivity contribution >= 4 is 11.6 Å². The molecule has 6 nitrogen and oxygen atoms in total. The Balaban J connectivity index is 1.53. The Morgan fingerprint density at radius 2 is 1.76 bits per heavy atom. The molecule has 0 unspecified atom stereocenters.